The third-order valence-corrected chi connectivity index (χ3v) is 3.02. The van der Waals surface area contributed by atoms with E-state index >= 15 is 0 Å². The van der Waals surface area contributed by atoms with Gasteiger partial charge in [0.05, 0.1) is 19.3 Å². The average Bonchev–Trinajstić information content (AvgIpc) is 2.58. The first-order chi connectivity index (χ1) is 11.1. The summed E-state index contributed by atoms with van der Waals surface area (Å²) >= 11 is 0. The number of carbonyl (C=O) groups excluding carboxylic acids is 2. The lowest BCUT2D eigenvalue weighted by atomic mass is 10.2. The van der Waals surface area contributed by atoms with E-state index < -0.39 is 6.09 Å². The molecule has 0 atom stereocenters. The number of carbonyl (C=O) groups is 2. The van der Waals surface area contributed by atoms with Crippen LogP contribution < -0.4 is 10.6 Å². The van der Waals surface area contributed by atoms with Crippen LogP contribution in [0, 0.1) is 5.82 Å². The van der Waals surface area contributed by atoms with E-state index in [9.17, 15) is 14.0 Å². The Morgan fingerprint density at radius 1 is 1.17 bits per heavy atom. The highest BCUT2D eigenvalue weighted by molar-refractivity contribution is 5.94. The second-order valence-electron chi connectivity index (χ2n) is 4.69. The number of aromatic nitrogens is 1. The van der Waals surface area contributed by atoms with Crippen molar-refractivity contribution in [3.63, 3.8) is 0 Å². The number of pyridine rings is 1. The van der Waals surface area contributed by atoms with E-state index in [4.69, 9.17) is 0 Å². The SMILES string of the molecule is COC(=O)NCc1cc(C(=O)NCc2cccc(F)c2)ccn1. The maximum Gasteiger partial charge on any atom is 0.407 e. The zero-order valence-electron chi connectivity index (χ0n) is 12.5. The van der Waals surface area contributed by atoms with Crippen molar-refractivity contribution in [1.82, 2.24) is 15.6 Å². The van der Waals surface area contributed by atoms with Crippen LogP contribution in [0.4, 0.5) is 9.18 Å². The van der Waals surface area contributed by atoms with Crippen molar-refractivity contribution in [2.45, 2.75) is 13.1 Å². The largest absolute Gasteiger partial charge is 0.453 e. The molecule has 0 radical (unpaired) electrons. The van der Waals surface area contributed by atoms with E-state index in [1.54, 1.807) is 24.3 Å². The molecule has 2 aromatic rings. The van der Waals surface area contributed by atoms with Crippen LogP contribution in [0.2, 0.25) is 0 Å². The van der Waals surface area contributed by atoms with Gasteiger partial charge in [0, 0.05) is 18.3 Å². The topological polar surface area (TPSA) is 80.3 Å². The quantitative estimate of drug-likeness (QED) is 0.884. The molecule has 0 bridgehead atoms. The van der Waals surface area contributed by atoms with Crippen LogP contribution in [0.25, 0.3) is 0 Å². The van der Waals surface area contributed by atoms with Gasteiger partial charge in [-0.05, 0) is 29.8 Å². The van der Waals surface area contributed by atoms with Gasteiger partial charge in [-0.25, -0.2) is 9.18 Å². The third kappa shape index (κ3) is 5.06. The molecule has 0 aliphatic carbocycles. The van der Waals surface area contributed by atoms with Gasteiger partial charge in [0.15, 0.2) is 0 Å². The predicted molar refractivity (Wildman–Crippen MR) is 81.1 cm³/mol. The fourth-order valence-corrected chi connectivity index (χ4v) is 1.88. The number of ether oxygens (including phenoxy) is 1. The average molecular weight is 317 g/mol. The summed E-state index contributed by atoms with van der Waals surface area (Å²) in [5.74, 6) is -0.659. The Kier molecular flexibility index (Phi) is 5.62. The Bertz CT molecular complexity index is 706. The van der Waals surface area contributed by atoms with Crippen LogP contribution in [0.15, 0.2) is 42.6 Å². The van der Waals surface area contributed by atoms with E-state index in [-0.39, 0.29) is 24.8 Å². The number of nitrogens with zero attached hydrogens (tertiary/aromatic N) is 1. The molecule has 2 rings (SSSR count). The predicted octanol–water partition coefficient (Wildman–Crippen LogP) is 2.01. The van der Waals surface area contributed by atoms with Crippen LogP contribution in [0.5, 0.6) is 0 Å². The van der Waals surface area contributed by atoms with Gasteiger partial charge in [-0.2, -0.15) is 0 Å². The van der Waals surface area contributed by atoms with Gasteiger partial charge in [0.25, 0.3) is 5.91 Å². The van der Waals surface area contributed by atoms with Crippen molar-refractivity contribution in [3.8, 4) is 0 Å². The van der Waals surface area contributed by atoms with Crippen molar-refractivity contribution in [2.24, 2.45) is 0 Å². The summed E-state index contributed by atoms with van der Waals surface area (Å²) in [5.41, 5.74) is 1.59. The van der Waals surface area contributed by atoms with Crippen LogP contribution >= 0.6 is 0 Å². The molecule has 0 saturated heterocycles. The summed E-state index contributed by atoms with van der Waals surface area (Å²) in [6, 6.07) is 9.13. The first-order valence-corrected chi connectivity index (χ1v) is 6.88. The molecule has 0 saturated carbocycles. The monoisotopic (exact) mass is 317 g/mol. The van der Waals surface area contributed by atoms with E-state index in [0.717, 1.165) is 0 Å². The molecule has 6 nitrogen and oxygen atoms in total. The number of alkyl carbamates (subject to hydrolysis) is 1. The van der Waals surface area contributed by atoms with Crippen molar-refractivity contribution >= 4 is 12.0 Å². The Hall–Kier alpha value is -2.96. The number of benzene rings is 1. The smallest absolute Gasteiger partial charge is 0.407 e. The zero-order chi connectivity index (χ0) is 16.7. The molecule has 120 valence electrons. The molecule has 0 aliphatic heterocycles. The summed E-state index contributed by atoms with van der Waals surface area (Å²) in [6.45, 7) is 0.367. The number of methoxy groups -OCH3 is 1. The van der Waals surface area contributed by atoms with Gasteiger partial charge in [-0.1, -0.05) is 12.1 Å². The molecule has 0 aliphatic rings. The molecule has 23 heavy (non-hydrogen) atoms. The molecule has 0 fully saturated rings. The summed E-state index contributed by atoms with van der Waals surface area (Å²) in [6.07, 6.45) is 0.901. The maximum absolute atomic E-state index is 13.1. The summed E-state index contributed by atoms with van der Waals surface area (Å²) in [4.78, 5) is 27.2. The number of nitrogens with one attached hydrogen (secondary N) is 2. The van der Waals surface area contributed by atoms with Crippen molar-refractivity contribution < 1.29 is 18.7 Å². The minimum Gasteiger partial charge on any atom is -0.453 e. The third-order valence-electron chi connectivity index (χ3n) is 3.02. The lowest BCUT2D eigenvalue weighted by Crippen LogP contribution is -2.25. The molecule has 1 heterocycles. The molecular weight excluding hydrogens is 301 g/mol. The van der Waals surface area contributed by atoms with Crippen LogP contribution in [0.1, 0.15) is 21.6 Å². The molecule has 7 heteroatoms. The number of hydrogen-bond donors (Lipinski definition) is 2. The molecule has 2 N–H and O–H groups in total. The Morgan fingerprint density at radius 3 is 2.74 bits per heavy atom. The van der Waals surface area contributed by atoms with E-state index in [0.29, 0.717) is 16.8 Å². The standard InChI is InChI=1S/C16H16FN3O3/c1-23-16(22)20-10-14-8-12(5-6-18-14)15(21)19-9-11-3-2-4-13(17)7-11/h2-8H,9-10H2,1H3,(H,19,21)(H,20,22). The highest BCUT2D eigenvalue weighted by Crippen LogP contribution is 2.05. The van der Waals surface area contributed by atoms with Crippen molar-refractivity contribution in [2.75, 3.05) is 7.11 Å². The fraction of sp³-hybridized carbons (Fsp3) is 0.188. The number of hydrogen-bond acceptors (Lipinski definition) is 4. The first-order valence-electron chi connectivity index (χ1n) is 6.88. The molecule has 2 amide bonds. The van der Waals surface area contributed by atoms with Crippen LogP contribution in [0.3, 0.4) is 0 Å². The molecular formula is C16H16FN3O3. The normalized spacial score (nSPS) is 10.0. The second-order valence-corrected chi connectivity index (χ2v) is 4.69. The highest BCUT2D eigenvalue weighted by Gasteiger charge is 2.08. The van der Waals surface area contributed by atoms with E-state index in [1.165, 1.54) is 25.4 Å². The van der Waals surface area contributed by atoms with Crippen molar-refractivity contribution in [3.05, 3.63) is 65.2 Å². The molecule has 0 unspecified atom stereocenters. The first kappa shape index (κ1) is 16.4. The Labute approximate surface area is 132 Å². The summed E-state index contributed by atoms with van der Waals surface area (Å²) in [5, 5.41) is 5.18. The molecule has 0 spiro atoms. The van der Waals surface area contributed by atoms with Crippen LogP contribution in [-0.4, -0.2) is 24.1 Å². The lowest BCUT2D eigenvalue weighted by molar-refractivity contribution is 0.0950. The summed E-state index contributed by atoms with van der Waals surface area (Å²) in [7, 11) is 1.26. The minimum absolute atomic E-state index is 0.150. The van der Waals surface area contributed by atoms with Crippen LogP contribution in [-0.2, 0) is 17.8 Å². The lowest BCUT2D eigenvalue weighted by Gasteiger charge is -2.07. The minimum atomic E-state index is -0.576. The maximum atomic E-state index is 13.1. The van der Waals surface area contributed by atoms with Crippen molar-refractivity contribution in [1.29, 1.82) is 0 Å². The van der Waals surface area contributed by atoms with Gasteiger partial charge in [-0.3, -0.25) is 9.78 Å². The fourth-order valence-electron chi connectivity index (χ4n) is 1.88. The van der Waals surface area contributed by atoms with Gasteiger partial charge in [0.1, 0.15) is 5.82 Å². The van der Waals surface area contributed by atoms with Gasteiger partial charge >= 0.3 is 6.09 Å². The second kappa shape index (κ2) is 7.88. The van der Waals surface area contributed by atoms with E-state index in [2.05, 4.69) is 20.4 Å². The summed E-state index contributed by atoms with van der Waals surface area (Å²) < 4.78 is 17.5. The number of rotatable bonds is 5. The van der Waals surface area contributed by atoms with Gasteiger partial charge < -0.3 is 15.4 Å². The molecule has 1 aromatic carbocycles. The van der Waals surface area contributed by atoms with Gasteiger partial charge in [-0.15, -0.1) is 0 Å². The Morgan fingerprint density at radius 2 is 2.00 bits per heavy atom. The zero-order valence-corrected chi connectivity index (χ0v) is 12.5. The number of halogens is 1. The molecule has 1 aromatic heterocycles. The Balaban J connectivity index is 1.95. The highest BCUT2D eigenvalue weighted by atomic mass is 19.1. The van der Waals surface area contributed by atoms with Gasteiger partial charge in [0.2, 0.25) is 0 Å². The van der Waals surface area contributed by atoms with E-state index in [1.807, 2.05) is 0 Å². The number of amides is 2.